The van der Waals surface area contributed by atoms with E-state index in [0.29, 0.717) is 18.6 Å². The standard InChI is InChI=1S/C18H26I2N2O8/c19-13-10-16(30-12-18(28)22(3-7-25)4-8-26)14(20)9-15(13)29-11-17(27)21(1-5-23)2-6-24/h9-10,23-26H,1-8,11-12H2. The number of rotatable bonds is 14. The number of nitrogens with zero attached hydrogens (tertiary/aromatic N) is 2. The molecule has 0 fully saturated rings. The number of halogens is 2. The van der Waals surface area contributed by atoms with Crippen molar-refractivity contribution in [2.75, 3.05) is 65.8 Å². The summed E-state index contributed by atoms with van der Waals surface area (Å²) in [5.74, 6) is 0.203. The Bertz CT molecular complexity index is 623. The summed E-state index contributed by atoms with van der Waals surface area (Å²) in [7, 11) is 0. The molecule has 0 bridgehead atoms. The fourth-order valence-corrected chi connectivity index (χ4v) is 3.59. The van der Waals surface area contributed by atoms with Crippen LogP contribution in [0.5, 0.6) is 11.5 Å². The predicted molar refractivity (Wildman–Crippen MR) is 124 cm³/mol. The van der Waals surface area contributed by atoms with E-state index in [1.54, 1.807) is 12.1 Å². The van der Waals surface area contributed by atoms with E-state index >= 15 is 0 Å². The van der Waals surface area contributed by atoms with Gasteiger partial charge >= 0.3 is 0 Å². The summed E-state index contributed by atoms with van der Waals surface area (Å²) in [6.07, 6.45) is 0. The lowest BCUT2D eigenvalue weighted by Crippen LogP contribution is -2.39. The minimum Gasteiger partial charge on any atom is -0.483 e. The number of carbonyl (C=O) groups is 2. The number of ether oxygens (including phenoxy) is 2. The van der Waals surface area contributed by atoms with Gasteiger partial charge in [-0.3, -0.25) is 9.59 Å². The lowest BCUT2D eigenvalue weighted by atomic mass is 10.3. The molecule has 0 radical (unpaired) electrons. The SMILES string of the molecule is O=C(COc1cc(I)c(OCC(=O)N(CCO)CCO)cc1I)N(CCO)CCO. The van der Waals surface area contributed by atoms with Gasteiger partial charge in [0.25, 0.3) is 11.8 Å². The van der Waals surface area contributed by atoms with Gasteiger partial charge in [0.15, 0.2) is 13.2 Å². The van der Waals surface area contributed by atoms with Crippen molar-refractivity contribution in [1.82, 2.24) is 9.80 Å². The molecule has 0 heterocycles. The molecular formula is C18H26I2N2O8. The van der Waals surface area contributed by atoms with Crippen molar-refractivity contribution >= 4 is 57.0 Å². The number of aliphatic hydroxyl groups is 4. The van der Waals surface area contributed by atoms with Crippen molar-refractivity contribution in [2.24, 2.45) is 0 Å². The quantitative estimate of drug-likeness (QED) is 0.193. The van der Waals surface area contributed by atoms with Gasteiger partial charge in [0.2, 0.25) is 0 Å². The second-order valence-electron chi connectivity index (χ2n) is 5.95. The maximum atomic E-state index is 12.2. The minimum atomic E-state index is -0.359. The third-order valence-corrected chi connectivity index (χ3v) is 5.56. The van der Waals surface area contributed by atoms with Crippen LogP contribution >= 0.6 is 45.2 Å². The molecule has 12 heteroatoms. The molecule has 0 atom stereocenters. The highest BCUT2D eigenvalue weighted by Gasteiger charge is 2.17. The van der Waals surface area contributed by atoms with E-state index in [2.05, 4.69) is 0 Å². The van der Waals surface area contributed by atoms with Crippen LogP contribution in [0.2, 0.25) is 0 Å². The topological polar surface area (TPSA) is 140 Å². The van der Waals surface area contributed by atoms with Crippen LogP contribution in [0.15, 0.2) is 12.1 Å². The zero-order valence-electron chi connectivity index (χ0n) is 16.3. The van der Waals surface area contributed by atoms with Crippen LogP contribution in [0.1, 0.15) is 0 Å². The fraction of sp³-hybridized carbons (Fsp3) is 0.556. The van der Waals surface area contributed by atoms with Gasteiger partial charge in [-0.25, -0.2) is 0 Å². The minimum absolute atomic E-state index is 0.113. The van der Waals surface area contributed by atoms with Gasteiger partial charge in [0.1, 0.15) is 11.5 Å². The average molecular weight is 652 g/mol. The summed E-state index contributed by atoms with van der Waals surface area (Å²) in [5, 5.41) is 36.0. The van der Waals surface area contributed by atoms with E-state index in [1.165, 1.54) is 9.80 Å². The molecule has 30 heavy (non-hydrogen) atoms. The molecule has 4 N–H and O–H groups in total. The largest absolute Gasteiger partial charge is 0.483 e. The fourth-order valence-electron chi connectivity index (χ4n) is 2.40. The van der Waals surface area contributed by atoms with Crippen LogP contribution in [0.25, 0.3) is 0 Å². The van der Waals surface area contributed by atoms with Crippen molar-refractivity contribution in [3.05, 3.63) is 19.3 Å². The van der Waals surface area contributed by atoms with E-state index in [4.69, 9.17) is 29.9 Å². The number of hydrogen-bond acceptors (Lipinski definition) is 8. The third-order valence-electron chi connectivity index (χ3n) is 3.87. The van der Waals surface area contributed by atoms with Crippen molar-refractivity contribution in [2.45, 2.75) is 0 Å². The van der Waals surface area contributed by atoms with Crippen LogP contribution in [0.4, 0.5) is 0 Å². The van der Waals surface area contributed by atoms with E-state index in [1.807, 2.05) is 45.2 Å². The molecule has 0 aromatic heterocycles. The summed E-state index contributed by atoms with van der Waals surface area (Å²) in [5.41, 5.74) is 0. The second kappa shape index (κ2) is 15.0. The summed E-state index contributed by atoms with van der Waals surface area (Å²) in [6, 6.07) is 3.36. The highest BCUT2D eigenvalue weighted by molar-refractivity contribution is 14.1. The molecular weight excluding hydrogens is 626 g/mol. The monoisotopic (exact) mass is 652 g/mol. The Morgan fingerprint density at radius 1 is 0.700 bits per heavy atom. The van der Waals surface area contributed by atoms with Crippen molar-refractivity contribution in [1.29, 1.82) is 0 Å². The Morgan fingerprint density at radius 3 is 1.27 bits per heavy atom. The molecule has 0 saturated carbocycles. The van der Waals surface area contributed by atoms with Gasteiger partial charge < -0.3 is 39.7 Å². The Hall–Kier alpha value is -0.940. The van der Waals surface area contributed by atoms with Crippen LogP contribution in [-0.2, 0) is 9.59 Å². The summed E-state index contributed by atoms with van der Waals surface area (Å²) < 4.78 is 12.5. The highest BCUT2D eigenvalue weighted by Crippen LogP contribution is 2.31. The number of carbonyl (C=O) groups excluding carboxylic acids is 2. The number of aliphatic hydroxyl groups excluding tert-OH is 4. The van der Waals surface area contributed by atoms with Crippen molar-refractivity contribution in [3.63, 3.8) is 0 Å². The predicted octanol–water partition coefficient (Wildman–Crippen LogP) is -0.720. The van der Waals surface area contributed by atoms with Crippen molar-refractivity contribution in [3.8, 4) is 11.5 Å². The van der Waals surface area contributed by atoms with Gasteiger partial charge in [-0.2, -0.15) is 0 Å². The van der Waals surface area contributed by atoms with Gasteiger partial charge in [0.05, 0.1) is 33.6 Å². The Labute approximate surface area is 202 Å². The molecule has 1 aromatic rings. The first-order valence-electron chi connectivity index (χ1n) is 9.11. The Balaban J connectivity index is 2.72. The molecule has 10 nitrogen and oxygen atoms in total. The molecule has 2 amide bonds. The van der Waals surface area contributed by atoms with Crippen LogP contribution in [-0.4, -0.2) is 108 Å². The second-order valence-corrected chi connectivity index (χ2v) is 8.27. The van der Waals surface area contributed by atoms with Crippen molar-refractivity contribution < 1.29 is 39.5 Å². The van der Waals surface area contributed by atoms with Gasteiger partial charge in [-0.1, -0.05) is 0 Å². The lowest BCUT2D eigenvalue weighted by Gasteiger charge is -2.22. The lowest BCUT2D eigenvalue weighted by molar-refractivity contribution is -0.135. The summed E-state index contributed by atoms with van der Waals surface area (Å²) in [6.45, 7) is -0.878. The van der Waals surface area contributed by atoms with Gasteiger partial charge in [-0.05, 0) is 57.3 Å². The van der Waals surface area contributed by atoms with E-state index < -0.39 is 0 Å². The Kier molecular flexibility index (Phi) is 13.5. The molecule has 170 valence electrons. The Morgan fingerprint density at radius 2 is 1.00 bits per heavy atom. The molecule has 1 rings (SSSR count). The smallest absolute Gasteiger partial charge is 0.260 e. The van der Waals surface area contributed by atoms with Crippen LogP contribution in [0.3, 0.4) is 0 Å². The van der Waals surface area contributed by atoms with Gasteiger partial charge in [0, 0.05) is 26.2 Å². The number of amides is 2. The molecule has 1 aromatic carbocycles. The van der Waals surface area contributed by atoms with Gasteiger partial charge in [-0.15, -0.1) is 0 Å². The third kappa shape index (κ3) is 9.05. The zero-order chi connectivity index (χ0) is 22.5. The van der Waals surface area contributed by atoms with Crippen LogP contribution < -0.4 is 9.47 Å². The number of hydrogen-bond donors (Lipinski definition) is 4. The molecule has 0 unspecified atom stereocenters. The summed E-state index contributed by atoms with van der Waals surface area (Å²) >= 11 is 4.05. The first kappa shape index (κ1) is 27.1. The van der Waals surface area contributed by atoms with Crippen LogP contribution in [0, 0.1) is 7.14 Å². The maximum Gasteiger partial charge on any atom is 0.260 e. The molecule has 0 saturated heterocycles. The average Bonchev–Trinajstić information content (AvgIpc) is 2.72. The van der Waals surface area contributed by atoms with E-state index in [9.17, 15) is 9.59 Å². The molecule has 0 aliphatic rings. The molecule has 0 spiro atoms. The maximum absolute atomic E-state index is 12.2. The van der Waals surface area contributed by atoms with E-state index in [-0.39, 0.29) is 77.6 Å². The summed E-state index contributed by atoms with van der Waals surface area (Å²) in [4.78, 5) is 27.0. The first-order valence-corrected chi connectivity index (χ1v) is 11.3. The van der Waals surface area contributed by atoms with E-state index in [0.717, 1.165) is 0 Å². The molecule has 0 aliphatic heterocycles. The normalized spacial score (nSPS) is 10.6. The molecule has 0 aliphatic carbocycles. The zero-order valence-corrected chi connectivity index (χ0v) is 20.6. The highest BCUT2D eigenvalue weighted by atomic mass is 127. The number of benzene rings is 1. The first-order chi connectivity index (χ1) is 14.4.